The summed E-state index contributed by atoms with van der Waals surface area (Å²) in [5, 5.41) is 0. The third-order valence-electron chi connectivity index (χ3n) is 2.91. The van der Waals surface area contributed by atoms with Crippen molar-refractivity contribution in [1.82, 2.24) is 0 Å². The Bertz CT molecular complexity index is 448. The SMILES string of the molecule is CCCCc1ccccc1C(F)(F)C(F)(F)C(F)(F)F. The predicted octanol–water partition coefficient (Wildman–Crippen LogP) is 5.32. The number of hydrogen-bond donors (Lipinski definition) is 0. The Hall–Kier alpha value is -1.27. The van der Waals surface area contributed by atoms with Crippen LogP contribution in [0.15, 0.2) is 24.3 Å². The molecule has 0 aromatic heterocycles. The first kappa shape index (κ1) is 16.8. The molecule has 0 bridgehead atoms. The van der Waals surface area contributed by atoms with Crippen LogP contribution in [0.1, 0.15) is 30.9 Å². The number of aryl methyl sites for hydroxylation is 1. The summed E-state index contributed by atoms with van der Waals surface area (Å²) in [6.07, 6.45) is -5.26. The first-order valence-electron chi connectivity index (χ1n) is 5.96. The van der Waals surface area contributed by atoms with Gasteiger partial charge in [-0.05, 0) is 18.4 Å². The van der Waals surface area contributed by atoms with E-state index in [-0.39, 0.29) is 12.0 Å². The van der Waals surface area contributed by atoms with Crippen LogP contribution in [0.5, 0.6) is 0 Å². The zero-order valence-corrected chi connectivity index (χ0v) is 10.6. The molecule has 0 radical (unpaired) electrons. The molecule has 0 spiro atoms. The minimum Gasteiger partial charge on any atom is -0.194 e. The number of halogens is 7. The second-order valence-corrected chi connectivity index (χ2v) is 4.41. The molecule has 0 unspecified atom stereocenters. The summed E-state index contributed by atoms with van der Waals surface area (Å²) < 4.78 is 89.8. The highest BCUT2D eigenvalue weighted by molar-refractivity contribution is 5.33. The quantitative estimate of drug-likeness (QED) is 0.646. The van der Waals surface area contributed by atoms with Gasteiger partial charge in [-0.25, -0.2) is 0 Å². The molecule has 0 aliphatic rings. The van der Waals surface area contributed by atoms with Crippen LogP contribution in [-0.4, -0.2) is 12.1 Å². The third kappa shape index (κ3) is 2.91. The molecule has 0 N–H and O–H groups in total. The lowest BCUT2D eigenvalue weighted by atomic mass is 9.93. The maximum absolute atomic E-state index is 13.6. The number of unbranched alkanes of at least 4 members (excludes halogenated alkanes) is 1. The Morgan fingerprint density at radius 1 is 0.900 bits per heavy atom. The van der Waals surface area contributed by atoms with E-state index in [0.29, 0.717) is 18.9 Å². The van der Waals surface area contributed by atoms with Gasteiger partial charge in [-0.3, -0.25) is 0 Å². The Morgan fingerprint density at radius 2 is 1.45 bits per heavy atom. The molecule has 7 heteroatoms. The fourth-order valence-corrected chi connectivity index (χ4v) is 1.76. The highest BCUT2D eigenvalue weighted by Crippen LogP contribution is 2.52. The van der Waals surface area contributed by atoms with Crippen molar-refractivity contribution < 1.29 is 30.7 Å². The molecule has 1 aromatic carbocycles. The van der Waals surface area contributed by atoms with E-state index in [0.717, 1.165) is 12.1 Å². The Morgan fingerprint density at radius 3 is 1.95 bits per heavy atom. The van der Waals surface area contributed by atoms with Gasteiger partial charge in [0, 0.05) is 5.56 Å². The molecule has 0 heterocycles. The summed E-state index contributed by atoms with van der Waals surface area (Å²) in [6.45, 7) is 1.76. The van der Waals surface area contributed by atoms with Crippen LogP contribution in [-0.2, 0) is 12.3 Å². The fraction of sp³-hybridized carbons (Fsp3) is 0.538. The molecule has 0 aliphatic heterocycles. The van der Waals surface area contributed by atoms with Gasteiger partial charge in [0.1, 0.15) is 0 Å². The van der Waals surface area contributed by atoms with Gasteiger partial charge < -0.3 is 0 Å². The van der Waals surface area contributed by atoms with Crippen LogP contribution in [0.2, 0.25) is 0 Å². The molecule has 0 saturated heterocycles. The molecule has 0 nitrogen and oxygen atoms in total. The number of rotatable bonds is 5. The van der Waals surface area contributed by atoms with Crippen molar-refractivity contribution in [3.8, 4) is 0 Å². The molecule has 0 saturated carbocycles. The lowest BCUT2D eigenvalue weighted by Gasteiger charge is -2.29. The smallest absolute Gasteiger partial charge is 0.194 e. The molecule has 114 valence electrons. The highest BCUT2D eigenvalue weighted by Gasteiger charge is 2.73. The van der Waals surface area contributed by atoms with Crippen molar-refractivity contribution in [2.75, 3.05) is 0 Å². The minimum absolute atomic E-state index is 0.0240. The Kier molecular flexibility index (Phi) is 4.71. The normalized spacial score (nSPS) is 13.6. The second kappa shape index (κ2) is 5.61. The van der Waals surface area contributed by atoms with Crippen molar-refractivity contribution in [1.29, 1.82) is 0 Å². The van der Waals surface area contributed by atoms with Gasteiger partial charge in [0.25, 0.3) is 0 Å². The van der Waals surface area contributed by atoms with Gasteiger partial charge in [0.2, 0.25) is 0 Å². The van der Waals surface area contributed by atoms with E-state index in [1.54, 1.807) is 6.92 Å². The second-order valence-electron chi connectivity index (χ2n) is 4.41. The third-order valence-corrected chi connectivity index (χ3v) is 2.91. The molecule has 1 aromatic rings. The molecular formula is C13H13F7. The van der Waals surface area contributed by atoms with Gasteiger partial charge in [-0.15, -0.1) is 0 Å². The number of benzene rings is 1. The number of hydrogen-bond acceptors (Lipinski definition) is 0. The highest BCUT2D eigenvalue weighted by atomic mass is 19.4. The standard InChI is InChI=1S/C13H13F7/c1-2-3-6-9-7-4-5-8-10(9)11(14,15)12(16,17)13(18,19)20/h4-5,7-8H,2-3,6H2,1H3. The average molecular weight is 302 g/mol. The maximum atomic E-state index is 13.6. The van der Waals surface area contributed by atoms with E-state index in [1.807, 2.05) is 0 Å². The summed E-state index contributed by atoms with van der Waals surface area (Å²) in [7, 11) is 0. The van der Waals surface area contributed by atoms with Crippen LogP contribution in [0.25, 0.3) is 0 Å². The number of alkyl halides is 7. The lowest BCUT2D eigenvalue weighted by Crippen LogP contribution is -2.50. The van der Waals surface area contributed by atoms with E-state index in [1.165, 1.54) is 6.07 Å². The van der Waals surface area contributed by atoms with E-state index >= 15 is 0 Å². The average Bonchev–Trinajstić information content (AvgIpc) is 2.35. The van der Waals surface area contributed by atoms with Gasteiger partial charge >= 0.3 is 18.0 Å². The fourth-order valence-electron chi connectivity index (χ4n) is 1.76. The summed E-state index contributed by atoms with van der Waals surface area (Å²) in [5.41, 5.74) is -1.46. The minimum atomic E-state index is -6.31. The Labute approximate surface area is 111 Å². The van der Waals surface area contributed by atoms with Crippen LogP contribution < -0.4 is 0 Å². The van der Waals surface area contributed by atoms with Gasteiger partial charge in [0.15, 0.2) is 0 Å². The van der Waals surface area contributed by atoms with E-state index in [9.17, 15) is 30.7 Å². The zero-order chi connectivity index (χ0) is 15.6. The van der Waals surface area contributed by atoms with Crippen LogP contribution in [0.3, 0.4) is 0 Å². The topological polar surface area (TPSA) is 0 Å². The first-order chi connectivity index (χ1) is 9.05. The van der Waals surface area contributed by atoms with Crippen molar-refractivity contribution >= 4 is 0 Å². The summed E-state index contributed by atoms with van der Waals surface area (Å²) in [4.78, 5) is 0. The molecule has 0 amide bonds. The van der Waals surface area contributed by atoms with Crippen LogP contribution in [0, 0.1) is 0 Å². The van der Waals surface area contributed by atoms with Gasteiger partial charge in [-0.1, -0.05) is 37.6 Å². The predicted molar refractivity (Wildman–Crippen MR) is 60.0 cm³/mol. The molecule has 1 rings (SSSR count). The molecule has 0 fully saturated rings. The Balaban J connectivity index is 3.28. The zero-order valence-electron chi connectivity index (χ0n) is 10.6. The molecule has 0 atom stereocenters. The molecule has 0 aliphatic carbocycles. The van der Waals surface area contributed by atoms with E-state index < -0.39 is 23.6 Å². The monoisotopic (exact) mass is 302 g/mol. The maximum Gasteiger partial charge on any atom is 0.460 e. The van der Waals surface area contributed by atoms with Gasteiger partial charge in [0.05, 0.1) is 0 Å². The van der Waals surface area contributed by atoms with E-state index in [4.69, 9.17) is 0 Å². The lowest BCUT2D eigenvalue weighted by molar-refractivity contribution is -0.359. The van der Waals surface area contributed by atoms with Crippen molar-refractivity contribution in [2.24, 2.45) is 0 Å². The summed E-state index contributed by atoms with van der Waals surface area (Å²) in [5.74, 6) is -11.4. The van der Waals surface area contributed by atoms with Crippen molar-refractivity contribution in [3.05, 3.63) is 35.4 Å². The van der Waals surface area contributed by atoms with Crippen molar-refractivity contribution in [3.63, 3.8) is 0 Å². The first-order valence-corrected chi connectivity index (χ1v) is 5.96. The van der Waals surface area contributed by atoms with Crippen LogP contribution in [0.4, 0.5) is 30.7 Å². The van der Waals surface area contributed by atoms with Crippen molar-refractivity contribution in [2.45, 2.75) is 44.2 Å². The van der Waals surface area contributed by atoms with Crippen LogP contribution >= 0.6 is 0 Å². The molecular weight excluding hydrogens is 289 g/mol. The van der Waals surface area contributed by atoms with E-state index in [2.05, 4.69) is 0 Å². The largest absolute Gasteiger partial charge is 0.460 e. The van der Waals surface area contributed by atoms with Gasteiger partial charge in [-0.2, -0.15) is 30.7 Å². The summed E-state index contributed by atoms with van der Waals surface area (Å²) in [6, 6.07) is 4.11. The molecule has 20 heavy (non-hydrogen) atoms. The summed E-state index contributed by atoms with van der Waals surface area (Å²) >= 11 is 0.